The van der Waals surface area contributed by atoms with Crippen LogP contribution in [0.15, 0.2) is 29.3 Å². The molecule has 0 bridgehead atoms. The van der Waals surface area contributed by atoms with Crippen molar-refractivity contribution in [2.45, 2.75) is 12.8 Å². The molecule has 88 valence electrons. The van der Waals surface area contributed by atoms with E-state index in [1.165, 1.54) is 0 Å². The monoisotopic (exact) mass is 222 g/mol. The third kappa shape index (κ3) is 3.78. The van der Waals surface area contributed by atoms with Crippen molar-refractivity contribution in [2.24, 2.45) is 4.99 Å². The van der Waals surface area contributed by atoms with Gasteiger partial charge in [0, 0.05) is 25.8 Å². The molecular weight excluding hydrogens is 204 g/mol. The predicted octanol–water partition coefficient (Wildman–Crippen LogP) is 0.986. The lowest BCUT2D eigenvalue weighted by Crippen LogP contribution is -2.27. The zero-order chi connectivity index (χ0) is 11.8. The van der Waals surface area contributed by atoms with Gasteiger partial charge >= 0.3 is 0 Å². The second kappa shape index (κ2) is 6.68. The largest absolute Gasteiger partial charge is 0.400 e. The van der Waals surface area contributed by atoms with Crippen molar-refractivity contribution in [3.63, 3.8) is 0 Å². The van der Waals surface area contributed by atoms with Gasteiger partial charge in [-0.05, 0) is 30.7 Å². The van der Waals surface area contributed by atoms with Gasteiger partial charge in [-0.25, -0.2) is 0 Å². The summed E-state index contributed by atoms with van der Waals surface area (Å²) in [5, 5.41) is 7.00. The minimum Gasteiger partial charge on any atom is -0.400 e. The number of aliphatic imine (C=N–C) groups is 1. The Balaban J connectivity index is 0.000000606. The summed E-state index contributed by atoms with van der Waals surface area (Å²) in [7, 11) is 1.00. The van der Waals surface area contributed by atoms with Crippen LogP contribution < -0.4 is 16.6 Å². The summed E-state index contributed by atoms with van der Waals surface area (Å²) in [4.78, 5) is 4.29. The van der Waals surface area contributed by atoms with Gasteiger partial charge in [0.05, 0.1) is 5.69 Å². The summed E-state index contributed by atoms with van der Waals surface area (Å²) in [5.74, 6) is 1.03. The highest BCUT2D eigenvalue weighted by Gasteiger charge is 2.04. The maximum absolute atomic E-state index is 7.00. The normalized spacial score (nSPS) is 13.5. The molecule has 0 fully saturated rings. The molecule has 1 aromatic rings. The van der Waals surface area contributed by atoms with Gasteiger partial charge in [0.1, 0.15) is 5.84 Å². The van der Waals surface area contributed by atoms with Crippen LogP contribution in [-0.2, 0) is 0 Å². The molecule has 0 radical (unpaired) electrons. The van der Waals surface area contributed by atoms with Gasteiger partial charge in [-0.2, -0.15) is 0 Å². The average molecular weight is 222 g/mol. The third-order valence-electron chi connectivity index (χ3n) is 2.14. The Morgan fingerprint density at radius 3 is 2.44 bits per heavy atom. The molecule has 1 aliphatic rings. The van der Waals surface area contributed by atoms with Crippen molar-refractivity contribution in [1.82, 2.24) is 5.43 Å². The van der Waals surface area contributed by atoms with E-state index >= 15 is 0 Å². The Morgan fingerprint density at radius 1 is 1.19 bits per heavy atom. The number of nitrogens with zero attached hydrogens (tertiary/aromatic N) is 1. The fourth-order valence-electron chi connectivity index (χ4n) is 1.35. The molecule has 0 unspecified atom stereocenters. The number of rotatable bonds is 2. The predicted molar refractivity (Wildman–Crippen MR) is 67.3 cm³/mol. The smallest absolute Gasteiger partial charge is 0.115 e. The average Bonchev–Trinajstić information content (AvgIpc) is 2.84. The van der Waals surface area contributed by atoms with Gasteiger partial charge in [0.15, 0.2) is 0 Å². The van der Waals surface area contributed by atoms with Crippen LogP contribution in [0.25, 0.3) is 0 Å². The first-order valence-corrected chi connectivity index (χ1v) is 5.20. The van der Waals surface area contributed by atoms with E-state index in [4.69, 9.17) is 10.8 Å². The quantitative estimate of drug-likeness (QED) is 0.444. The van der Waals surface area contributed by atoms with Crippen LogP contribution in [0.4, 0.5) is 11.4 Å². The van der Waals surface area contributed by atoms with Crippen LogP contribution in [0.1, 0.15) is 12.8 Å². The van der Waals surface area contributed by atoms with Gasteiger partial charge in [-0.15, -0.1) is 0 Å². The summed E-state index contributed by atoms with van der Waals surface area (Å²) in [6.45, 7) is 0.936. The number of nitrogens with one attached hydrogen (secondary N) is 2. The van der Waals surface area contributed by atoms with E-state index in [1.807, 2.05) is 24.3 Å². The Bertz CT molecular complexity index is 334. The highest BCUT2D eigenvalue weighted by atomic mass is 16.2. The van der Waals surface area contributed by atoms with Crippen molar-refractivity contribution < 1.29 is 5.11 Å². The van der Waals surface area contributed by atoms with Gasteiger partial charge < -0.3 is 10.8 Å². The molecule has 5 heteroatoms. The number of amidine groups is 1. The van der Waals surface area contributed by atoms with Crippen molar-refractivity contribution in [3.8, 4) is 0 Å². The third-order valence-corrected chi connectivity index (χ3v) is 2.14. The summed E-state index contributed by atoms with van der Waals surface area (Å²) < 4.78 is 0. The van der Waals surface area contributed by atoms with E-state index in [0.29, 0.717) is 0 Å². The maximum atomic E-state index is 7.00. The molecule has 1 aromatic carbocycles. The molecule has 5 N–H and O–H groups in total. The molecule has 0 spiro atoms. The van der Waals surface area contributed by atoms with Crippen LogP contribution in [0.3, 0.4) is 0 Å². The lowest BCUT2D eigenvalue weighted by molar-refractivity contribution is 0.399. The van der Waals surface area contributed by atoms with Crippen molar-refractivity contribution in [1.29, 1.82) is 0 Å². The molecular formula is C11H18N4O. The Hall–Kier alpha value is -1.75. The first-order valence-electron chi connectivity index (χ1n) is 5.20. The molecule has 0 aromatic heterocycles. The van der Waals surface area contributed by atoms with E-state index in [-0.39, 0.29) is 0 Å². The lowest BCUT2D eigenvalue weighted by atomic mass is 10.3. The molecule has 5 nitrogen and oxygen atoms in total. The van der Waals surface area contributed by atoms with E-state index in [2.05, 4.69) is 15.8 Å². The standard InChI is InChI=1S/C10H14N4.CH4O/c11-8-3-5-9(6-4-8)13-14-10-2-1-7-12-10;1-2/h3-6,13H,1-2,7,11H2,(H,12,14);2H,1H3. The lowest BCUT2D eigenvalue weighted by Gasteiger charge is -2.08. The van der Waals surface area contributed by atoms with Crippen molar-refractivity contribution in [3.05, 3.63) is 24.3 Å². The van der Waals surface area contributed by atoms with Gasteiger partial charge in [0.25, 0.3) is 0 Å². The number of aliphatic hydroxyl groups excluding tert-OH is 1. The van der Waals surface area contributed by atoms with Crippen LogP contribution in [0, 0.1) is 0 Å². The minimum atomic E-state index is 0.772. The minimum absolute atomic E-state index is 0.772. The Kier molecular flexibility index (Phi) is 5.15. The van der Waals surface area contributed by atoms with Crippen LogP contribution in [-0.4, -0.2) is 24.6 Å². The first-order chi connectivity index (χ1) is 7.84. The topological polar surface area (TPSA) is 82.7 Å². The number of anilines is 2. The van der Waals surface area contributed by atoms with E-state index in [1.54, 1.807) is 0 Å². The number of hydrogen-bond acceptors (Lipinski definition) is 5. The number of benzene rings is 1. The number of hydrogen-bond donors (Lipinski definition) is 4. The van der Waals surface area contributed by atoms with E-state index in [9.17, 15) is 0 Å². The molecule has 0 saturated heterocycles. The SMILES string of the molecule is CO.Nc1ccc(NNC2=NCCC2)cc1. The summed E-state index contributed by atoms with van der Waals surface area (Å²) in [6.07, 6.45) is 2.17. The number of nitrogen functional groups attached to an aromatic ring is 1. The van der Waals surface area contributed by atoms with Gasteiger partial charge in [-0.1, -0.05) is 0 Å². The Morgan fingerprint density at radius 2 is 1.88 bits per heavy atom. The van der Waals surface area contributed by atoms with E-state index in [0.717, 1.165) is 43.7 Å². The number of hydrazine groups is 1. The summed E-state index contributed by atoms with van der Waals surface area (Å²) in [5.41, 5.74) is 13.5. The van der Waals surface area contributed by atoms with Crippen molar-refractivity contribution >= 4 is 17.2 Å². The number of aliphatic hydroxyl groups is 1. The van der Waals surface area contributed by atoms with Crippen LogP contribution >= 0.6 is 0 Å². The van der Waals surface area contributed by atoms with Gasteiger partial charge in [-0.3, -0.25) is 15.8 Å². The highest BCUT2D eigenvalue weighted by Crippen LogP contribution is 2.09. The molecule has 0 aliphatic carbocycles. The van der Waals surface area contributed by atoms with E-state index < -0.39 is 0 Å². The van der Waals surface area contributed by atoms with Crippen molar-refractivity contribution in [2.75, 3.05) is 24.8 Å². The molecule has 1 aliphatic heterocycles. The zero-order valence-corrected chi connectivity index (χ0v) is 9.40. The zero-order valence-electron chi connectivity index (χ0n) is 9.40. The van der Waals surface area contributed by atoms with Gasteiger partial charge in [0.2, 0.25) is 0 Å². The summed E-state index contributed by atoms with van der Waals surface area (Å²) >= 11 is 0. The molecule has 0 atom stereocenters. The number of nitrogens with two attached hydrogens (primary N) is 1. The second-order valence-electron chi connectivity index (χ2n) is 3.30. The first kappa shape index (κ1) is 12.3. The fraction of sp³-hybridized carbons (Fsp3) is 0.364. The molecule has 16 heavy (non-hydrogen) atoms. The second-order valence-corrected chi connectivity index (χ2v) is 3.30. The molecule has 0 saturated carbocycles. The highest BCUT2D eigenvalue weighted by molar-refractivity contribution is 5.84. The Labute approximate surface area is 95.4 Å². The molecule has 2 rings (SSSR count). The molecule has 0 amide bonds. The summed E-state index contributed by atoms with van der Waals surface area (Å²) in [6, 6.07) is 7.58. The molecule has 1 heterocycles. The maximum Gasteiger partial charge on any atom is 0.115 e. The van der Waals surface area contributed by atoms with Crippen LogP contribution in [0.2, 0.25) is 0 Å². The van der Waals surface area contributed by atoms with Crippen LogP contribution in [0.5, 0.6) is 0 Å². The fourth-order valence-corrected chi connectivity index (χ4v) is 1.35.